The molecule has 27 heavy (non-hydrogen) atoms. The molecule has 1 aliphatic rings. The van der Waals surface area contributed by atoms with Crippen molar-refractivity contribution in [3.63, 3.8) is 0 Å². The van der Waals surface area contributed by atoms with Crippen molar-refractivity contribution in [3.8, 4) is 0 Å². The Morgan fingerprint density at radius 3 is 2.63 bits per heavy atom. The first-order chi connectivity index (χ1) is 13.1. The fraction of sp³-hybridized carbons (Fsp3) is 0.478. The number of piperidine rings is 1. The van der Waals surface area contributed by atoms with Gasteiger partial charge < -0.3 is 10.2 Å². The number of rotatable bonds is 7. The summed E-state index contributed by atoms with van der Waals surface area (Å²) in [5, 5.41) is 3.00. The smallest absolute Gasteiger partial charge is 0.252 e. The van der Waals surface area contributed by atoms with Crippen LogP contribution in [0, 0.1) is 11.8 Å². The molecule has 4 heteroatoms. The molecule has 0 spiro atoms. The molecule has 0 atom stereocenters. The minimum Gasteiger partial charge on any atom is -0.370 e. The predicted molar refractivity (Wildman–Crippen MR) is 111 cm³/mol. The number of hydrogen-bond donors (Lipinski definition) is 1. The van der Waals surface area contributed by atoms with Crippen molar-refractivity contribution in [1.82, 2.24) is 10.3 Å². The van der Waals surface area contributed by atoms with Crippen molar-refractivity contribution < 1.29 is 4.79 Å². The fourth-order valence-corrected chi connectivity index (χ4v) is 3.64. The van der Waals surface area contributed by atoms with Crippen LogP contribution in [0.15, 0.2) is 48.8 Å². The zero-order chi connectivity index (χ0) is 19.1. The van der Waals surface area contributed by atoms with Gasteiger partial charge in [-0.3, -0.25) is 9.78 Å². The zero-order valence-electron chi connectivity index (χ0n) is 16.5. The molecule has 1 amide bonds. The maximum atomic E-state index is 12.3. The van der Waals surface area contributed by atoms with Crippen LogP contribution in [0.1, 0.15) is 49.0 Å². The molecule has 0 radical (unpaired) electrons. The second-order valence-corrected chi connectivity index (χ2v) is 7.99. The van der Waals surface area contributed by atoms with Gasteiger partial charge in [-0.25, -0.2) is 0 Å². The molecular formula is C23H31N3O. The SMILES string of the molecule is CC(C)CCNC(=O)c1cncc(N2CCC(Cc3ccccc3)CC2)c1. The highest BCUT2D eigenvalue weighted by molar-refractivity contribution is 5.94. The molecule has 1 aliphatic heterocycles. The van der Waals surface area contributed by atoms with Crippen molar-refractivity contribution >= 4 is 11.6 Å². The number of aromatic nitrogens is 1. The maximum Gasteiger partial charge on any atom is 0.252 e. The third-order valence-corrected chi connectivity index (χ3v) is 5.34. The monoisotopic (exact) mass is 365 g/mol. The van der Waals surface area contributed by atoms with Gasteiger partial charge in [0.25, 0.3) is 5.91 Å². The number of pyridine rings is 1. The van der Waals surface area contributed by atoms with Crippen LogP contribution in [0.25, 0.3) is 0 Å². The molecule has 0 unspecified atom stereocenters. The van der Waals surface area contributed by atoms with Gasteiger partial charge in [0.15, 0.2) is 0 Å². The predicted octanol–water partition coefficient (Wildman–Crippen LogP) is 4.32. The standard InChI is InChI=1S/C23H31N3O/c1-18(2)8-11-25-23(27)21-15-22(17-24-16-21)26-12-9-20(10-13-26)14-19-6-4-3-5-7-19/h3-7,15-18,20H,8-14H2,1-2H3,(H,25,27). The molecule has 1 N–H and O–H groups in total. The Labute approximate surface area is 163 Å². The van der Waals surface area contributed by atoms with E-state index in [1.54, 1.807) is 6.20 Å². The Morgan fingerprint density at radius 2 is 1.93 bits per heavy atom. The minimum absolute atomic E-state index is 0.0241. The number of hydrogen-bond acceptors (Lipinski definition) is 3. The normalized spacial score (nSPS) is 15.1. The van der Waals surface area contributed by atoms with Crippen molar-refractivity contribution in [2.75, 3.05) is 24.5 Å². The summed E-state index contributed by atoms with van der Waals surface area (Å²) in [5.41, 5.74) is 3.14. The van der Waals surface area contributed by atoms with Crippen LogP contribution >= 0.6 is 0 Å². The summed E-state index contributed by atoms with van der Waals surface area (Å²) in [7, 11) is 0. The fourth-order valence-electron chi connectivity index (χ4n) is 3.64. The van der Waals surface area contributed by atoms with Gasteiger partial charge in [-0.05, 0) is 49.1 Å². The average molecular weight is 366 g/mol. The van der Waals surface area contributed by atoms with E-state index in [-0.39, 0.29) is 5.91 Å². The van der Waals surface area contributed by atoms with Gasteiger partial charge in [0.2, 0.25) is 0 Å². The largest absolute Gasteiger partial charge is 0.370 e. The lowest BCUT2D eigenvalue weighted by Crippen LogP contribution is -2.34. The van der Waals surface area contributed by atoms with E-state index in [2.05, 4.69) is 59.4 Å². The van der Waals surface area contributed by atoms with Crippen molar-refractivity contribution in [2.24, 2.45) is 11.8 Å². The second-order valence-electron chi connectivity index (χ2n) is 7.99. The molecule has 0 saturated carbocycles. The van der Waals surface area contributed by atoms with E-state index in [9.17, 15) is 4.79 Å². The Bertz CT molecular complexity index is 721. The summed E-state index contributed by atoms with van der Waals surface area (Å²) in [5.74, 6) is 1.30. The Balaban J connectivity index is 1.53. The highest BCUT2D eigenvalue weighted by Gasteiger charge is 2.20. The second kappa shape index (κ2) is 9.54. The number of anilines is 1. The lowest BCUT2D eigenvalue weighted by molar-refractivity contribution is 0.0951. The van der Waals surface area contributed by atoms with E-state index in [4.69, 9.17) is 0 Å². The number of nitrogens with zero attached hydrogens (tertiary/aromatic N) is 2. The van der Waals surface area contributed by atoms with Gasteiger partial charge in [-0.15, -0.1) is 0 Å². The molecule has 2 heterocycles. The van der Waals surface area contributed by atoms with Crippen LogP contribution < -0.4 is 10.2 Å². The number of carbonyl (C=O) groups excluding carboxylic acids is 1. The summed E-state index contributed by atoms with van der Waals surface area (Å²) >= 11 is 0. The molecule has 1 aromatic heterocycles. The van der Waals surface area contributed by atoms with E-state index >= 15 is 0 Å². The summed E-state index contributed by atoms with van der Waals surface area (Å²) < 4.78 is 0. The van der Waals surface area contributed by atoms with Crippen molar-refractivity contribution in [1.29, 1.82) is 0 Å². The van der Waals surface area contributed by atoms with E-state index in [0.29, 0.717) is 18.0 Å². The van der Waals surface area contributed by atoms with Crippen LogP contribution in [0.3, 0.4) is 0 Å². The molecule has 1 saturated heterocycles. The van der Waals surface area contributed by atoms with Crippen molar-refractivity contribution in [3.05, 3.63) is 59.9 Å². The van der Waals surface area contributed by atoms with Crippen LogP contribution in [0.4, 0.5) is 5.69 Å². The van der Waals surface area contributed by atoms with Gasteiger partial charge in [-0.2, -0.15) is 0 Å². The third-order valence-electron chi connectivity index (χ3n) is 5.34. The number of benzene rings is 1. The number of carbonyl (C=O) groups is 1. The minimum atomic E-state index is -0.0241. The first-order valence-corrected chi connectivity index (χ1v) is 10.1. The van der Waals surface area contributed by atoms with Gasteiger partial charge >= 0.3 is 0 Å². The molecule has 3 rings (SSSR count). The van der Waals surface area contributed by atoms with Gasteiger partial charge in [0.05, 0.1) is 17.4 Å². The highest BCUT2D eigenvalue weighted by Crippen LogP contribution is 2.25. The van der Waals surface area contributed by atoms with Crippen LogP contribution in [0.5, 0.6) is 0 Å². The van der Waals surface area contributed by atoms with Crippen LogP contribution in [-0.2, 0) is 6.42 Å². The lowest BCUT2D eigenvalue weighted by Gasteiger charge is -2.33. The number of amides is 1. The van der Waals surface area contributed by atoms with Crippen molar-refractivity contribution in [2.45, 2.75) is 39.5 Å². The van der Waals surface area contributed by atoms with E-state index in [0.717, 1.165) is 37.5 Å². The van der Waals surface area contributed by atoms with Crippen LogP contribution in [-0.4, -0.2) is 30.5 Å². The molecule has 1 fully saturated rings. The first kappa shape index (κ1) is 19.4. The Hall–Kier alpha value is -2.36. The summed E-state index contributed by atoms with van der Waals surface area (Å²) in [4.78, 5) is 19.0. The van der Waals surface area contributed by atoms with Gasteiger partial charge in [-0.1, -0.05) is 44.2 Å². The molecule has 1 aromatic carbocycles. The summed E-state index contributed by atoms with van der Waals surface area (Å²) in [6.07, 6.45) is 8.05. The summed E-state index contributed by atoms with van der Waals surface area (Å²) in [6.45, 7) is 7.09. The van der Waals surface area contributed by atoms with Gasteiger partial charge in [0, 0.05) is 25.8 Å². The topological polar surface area (TPSA) is 45.2 Å². The van der Waals surface area contributed by atoms with Crippen LogP contribution in [0.2, 0.25) is 0 Å². The third kappa shape index (κ3) is 5.81. The molecule has 0 bridgehead atoms. The number of nitrogens with one attached hydrogen (secondary N) is 1. The Morgan fingerprint density at radius 1 is 1.19 bits per heavy atom. The quantitative estimate of drug-likeness (QED) is 0.795. The molecule has 0 aliphatic carbocycles. The molecule has 4 nitrogen and oxygen atoms in total. The average Bonchev–Trinajstić information content (AvgIpc) is 2.69. The lowest BCUT2D eigenvalue weighted by atomic mass is 9.90. The molecule has 144 valence electrons. The van der Waals surface area contributed by atoms with E-state index < -0.39 is 0 Å². The zero-order valence-corrected chi connectivity index (χ0v) is 16.5. The highest BCUT2D eigenvalue weighted by atomic mass is 16.1. The maximum absolute atomic E-state index is 12.3. The van der Waals surface area contributed by atoms with E-state index in [1.807, 2.05) is 12.3 Å². The van der Waals surface area contributed by atoms with E-state index in [1.165, 1.54) is 18.4 Å². The van der Waals surface area contributed by atoms with Gasteiger partial charge in [0.1, 0.15) is 0 Å². The summed E-state index contributed by atoms with van der Waals surface area (Å²) in [6, 6.07) is 12.7. The first-order valence-electron chi connectivity index (χ1n) is 10.1. The molecular weight excluding hydrogens is 334 g/mol. The Kier molecular flexibility index (Phi) is 6.86. The molecule has 2 aromatic rings.